The molecule has 0 unspecified atom stereocenters. The molecule has 1 heterocycles. The van der Waals surface area contributed by atoms with Crippen LogP contribution >= 0.6 is 0 Å². The van der Waals surface area contributed by atoms with Gasteiger partial charge in [-0.2, -0.15) is 13.8 Å². The summed E-state index contributed by atoms with van der Waals surface area (Å²) in [6.07, 6.45) is 5.65. The molecule has 2 rings (SSSR count). The smallest absolute Gasteiger partial charge is 0.410 e. The van der Waals surface area contributed by atoms with Crippen LogP contribution in [0.25, 0.3) is 0 Å². The van der Waals surface area contributed by atoms with E-state index < -0.39 is 5.60 Å². The molecule has 1 fully saturated rings. The van der Waals surface area contributed by atoms with E-state index >= 15 is 0 Å². The summed E-state index contributed by atoms with van der Waals surface area (Å²) in [5.41, 5.74) is 0.488. The molecule has 2 aliphatic rings. The monoisotopic (exact) mass is 613 g/mol. The maximum absolute atomic E-state index is 11.9. The molecule has 0 N–H and O–H groups in total. The summed E-state index contributed by atoms with van der Waals surface area (Å²) in [6, 6.07) is 0. The number of rotatable bonds is 7. The van der Waals surface area contributed by atoms with Gasteiger partial charge in [0.25, 0.3) is 0 Å². The molecule has 0 aromatic rings. The van der Waals surface area contributed by atoms with Gasteiger partial charge in [-0.3, -0.25) is 5.92 Å². The number of allylic oxidation sites excluding steroid dienone is 4. The minimum atomic E-state index is -0.445. The van der Waals surface area contributed by atoms with Crippen LogP contribution in [0.5, 0.6) is 0 Å². The van der Waals surface area contributed by atoms with Gasteiger partial charge in [0.2, 0.25) is 0 Å². The van der Waals surface area contributed by atoms with Gasteiger partial charge in [-0.05, 0) is 33.3 Å². The van der Waals surface area contributed by atoms with Crippen molar-refractivity contribution in [2.24, 2.45) is 5.92 Å². The average molecular weight is 613 g/mol. The van der Waals surface area contributed by atoms with E-state index in [0.29, 0.717) is 25.6 Å². The fraction of sp³-hybridized carbons (Fsp3) is 0.714. The molecule has 28 heavy (non-hydrogen) atoms. The predicted molar refractivity (Wildman–Crippen MR) is 108 cm³/mol. The molecule has 1 aliphatic carbocycles. The van der Waals surface area contributed by atoms with Crippen LogP contribution in [-0.2, 0) is 14.1 Å². The van der Waals surface area contributed by atoms with E-state index in [2.05, 4.69) is 33.8 Å². The van der Waals surface area contributed by atoms with E-state index in [4.69, 9.17) is 14.1 Å². The van der Waals surface area contributed by atoms with E-state index in [-0.39, 0.29) is 42.8 Å². The van der Waals surface area contributed by atoms with Gasteiger partial charge in [0, 0.05) is 56.5 Å². The van der Waals surface area contributed by atoms with Crippen LogP contribution in [0.3, 0.4) is 0 Å². The molecular weight excluding hydrogens is 579 g/mol. The van der Waals surface area contributed by atoms with Gasteiger partial charge in [0.1, 0.15) is 5.60 Å². The first-order valence-corrected chi connectivity index (χ1v) is 9.78. The number of carbonyl (C=O) groups excluding carboxylic acids is 1. The molecule has 155 valence electrons. The van der Waals surface area contributed by atoms with E-state index in [1.807, 2.05) is 34.3 Å². The molecule has 0 bridgehead atoms. The predicted octanol–water partition coefficient (Wildman–Crippen LogP) is 4.46. The zero-order valence-corrected chi connectivity index (χ0v) is 22.6. The van der Waals surface area contributed by atoms with Gasteiger partial charge in [0.15, 0.2) is 0 Å². The molecule has 1 aliphatic heterocycles. The second-order valence-electron chi connectivity index (χ2n) is 9.18. The van der Waals surface area contributed by atoms with Gasteiger partial charge >= 0.3 is 13.6 Å². The first-order valence-electron chi connectivity index (χ1n) is 9.78. The Balaban J connectivity index is 0.00000392. The summed E-state index contributed by atoms with van der Waals surface area (Å²) in [5.74, 6) is 2.62. The van der Waals surface area contributed by atoms with Crippen molar-refractivity contribution in [1.82, 2.24) is 4.90 Å². The van der Waals surface area contributed by atoms with Crippen molar-refractivity contribution in [3.05, 3.63) is 29.3 Å². The van der Waals surface area contributed by atoms with Crippen molar-refractivity contribution in [3.8, 4) is 0 Å². The number of hydrogen-bond acceptors (Lipinski definition) is 4. The standard InChI is InChI=1S/C21H34BNO4.U/c1-15(2)21(6,7)27-22-17-8-10-18(11-9-17)25-14-16-12-23(13-16)19(24)26-20(3,4)5;/h8,10,16H,9,11-14H2,1-7H3;/q-1;. The van der Waals surface area contributed by atoms with Crippen LogP contribution in [0.4, 0.5) is 4.79 Å². The number of nitrogens with zero attached hydrogens (tertiary/aromatic N) is 1. The van der Waals surface area contributed by atoms with Crippen molar-refractivity contribution < 1.29 is 50.0 Å². The van der Waals surface area contributed by atoms with Crippen LogP contribution in [0.15, 0.2) is 23.4 Å². The summed E-state index contributed by atoms with van der Waals surface area (Å²) in [7, 11) is 1.87. The summed E-state index contributed by atoms with van der Waals surface area (Å²) >= 11 is 0. The molecule has 1 saturated heterocycles. The molecule has 0 saturated carbocycles. The zero-order valence-electron chi connectivity index (χ0n) is 18.4. The van der Waals surface area contributed by atoms with Gasteiger partial charge in [-0.15, -0.1) is 0 Å². The third-order valence-electron chi connectivity index (χ3n) is 4.97. The van der Waals surface area contributed by atoms with Crippen molar-refractivity contribution >= 4 is 13.6 Å². The van der Waals surface area contributed by atoms with Crippen molar-refractivity contribution in [2.75, 3.05) is 19.7 Å². The molecule has 1 radical (unpaired) electrons. The van der Waals surface area contributed by atoms with Crippen molar-refractivity contribution in [1.29, 1.82) is 0 Å². The van der Waals surface area contributed by atoms with Gasteiger partial charge in [0.05, 0.1) is 12.4 Å². The van der Waals surface area contributed by atoms with Crippen LogP contribution in [0, 0.1) is 42.9 Å². The second kappa shape index (κ2) is 10.6. The normalized spacial score (nSPS) is 17.9. The van der Waals surface area contributed by atoms with E-state index in [0.717, 1.165) is 18.6 Å². The van der Waals surface area contributed by atoms with Crippen LogP contribution in [0.1, 0.15) is 61.3 Å². The van der Waals surface area contributed by atoms with Crippen LogP contribution < -0.4 is 0 Å². The second-order valence-corrected chi connectivity index (χ2v) is 9.18. The quantitative estimate of drug-likeness (QED) is 0.315. The summed E-state index contributed by atoms with van der Waals surface area (Å²) in [6.45, 7) is 16.0. The summed E-state index contributed by atoms with van der Waals surface area (Å²) in [4.78, 5) is 13.7. The van der Waals surface area contributed by atoms with Crippen molar-refractivity contribution in [2.45, 2.75) is 72.5 Å². The van der Waals surface area contributed by atoms with E-state index in [9.17, 15) is 4.79 Å². The molecule has 0 atom stereocenters. The van der Waals surface area contributed by atoms with Gasteiger partial charge in [-0.1, -0.05) is 31.0 Å². The Morgan fingerprint density at radius 1 is 1.18 bits per heavy atom. The maximum Gasteiger partial charge on any atom is 0.410 e. The first-order chi connectivity index (χ1) is 12.5. The number of amides is 1. The Morgan fingerprint density at radius 2 is 1.82 bits per heavy atom. The topological polar surface area (TPSA) is 48.0 Å². The first kappa shape index (κ1) is 25.7. The molecule has 7 heteroatoms. The molecular formula is C21H34BNO4U-. The SMILES string of the molecule is C[C-](C)C(C)(C)O[B]C1=CC=C(OCC2CN(C(=O)OC(C)(C)C)C2)CC1.[U]. The Kier molecular flexibility index (Phi) is 9.71. The maximum atomic E-state index is 11.9. The fourth-order valence-electron chi connectivity index (χ4n) is 2.57. The minimum Gasteiger partial charge on any atom is -0.498 e. The Labute approximate surface area is 195 Å². The van der Waals surface area contributed by atoms with E-state index in [1.165, 1.54) is 11.4 Å². The molecule has 1 amide bonds. The van der Waals surface area contributed by atoms with Crippen LogP contribution in [-0.4, -0.2) is 49.4 Å². The molecule has 5 nitrogen and oxygen atoms in total. The minimum absolute atomic E-state index is 0. The van der Waals surface area contributed by atoms with Gasteiger partial charge < -0.3 is 19.0 Å². The summed E-state index contributed by atoms with van der Waals surface area (Å²) in [5, 5.41) is 0. The largest absolute Gasteiger partial charge is 0.498 e. The number of carbonyl (C=O) groups is 1. The molecule has 0 spiro atoms. The third kappa shape index (κ3) is 8.17. The van der Waals surface area contributed by atoms with E-state index in [1.54, 1.807) is 4.90 Å². The summed E-state index contributed by atoms with van der Waals surface area (Å²) < 4.78 is 17.2. The number of likely N-dealkylation sites (tertiary alicyclic amines) is 1. The Morgan fingerprint density at radius 3 is 2.32 bits per heavy atom. The number of hydrogen-bond donors (Lipinski definition) is 0. The van der Waals surface area contributed by atoms with Crippen molar-refractivity contribution in [3.63, 3.8) is 0 Å². The zero-order chi connectivity index (χ0) is 20.2. The van der Waals surface area contributed by atoms with Crippen LogP contribution in [0.2, 0.25) is 0 Å². The Hall–Kier alpha value is -0.373. The molecule has 0 aromatic carbocycles. The molecule has 0 aromatic heterocycles. The van der Waals surface area contributed by atoms with Gasteiger partial charge in [-0.25, -0.2) is 4.79 Å². The Bertz CT molecular complexity index is 590. The number of ether oxygens (including phenoxy) is 2. The average Bonchev–Trinajstić information content (AvgIpc) is 2.50. The fourth-order valence-corrected chi connectivity index (χ4v) is 2.57. The third-order valence-corrected chi connectivity index (χ3v) is 4.97.